The number of hydrogen-bond acceptors (Lipinski definition) is 5. The average Bonchev–Trinajstić information content (AvgIpc) is 3.45. The molecule has 1 aromatic carbocycles. The van der Waals surface area contributed by atoms with E-state index in [2.05, 4.69) is 4.72 Å². The fourth-order valence-corrected chi connectivity index (χ4v) is 6.16. The monoisotopic (exact) mass is 387 g/mol. The molecule has 1 saturated carbocycles. The van der Waals surface area contributed by atoms with Gasteiger partial charge in [0.15, 0.2) is 0 Å². The van der Waals surface area contributed by atoms with E-state index in [9.17, 15) is 16.8 Å². The molecule has 25 heavy (non-hydrogen) atoms. The van der Waals surface area contributed by atoms with Crippen LogP contribution in [0.25, 0.3) is 0 Å². The van der Waals surface area contributed by atoms with Crippen LogP contribution in [0.1, 0.15) is 32.1 Å². The second kappa shape index (κ2) is 7.32. The Morgan fingerprint density at radius 2 is 1.72 bits per heavy atom. The molecule has 0 bridgehead atoms. The minimum absolute atomic E-state index is 0.0213. The van der Waals surface area contributed by atoms with Crippen molar-refractivity contribution in [2.45, 2.75) is 47.9 Å². The molecule has 140 valence electrons. The summed E-state index contributed by atoms with van der Waals surface area (Å²) in [4.78, 5) is -0.0160. The predicted molar refractivity (Wildman–Crippen MR) is 94.9 cm³/mol. The Balaban J connectivity index is 1.85. The Labute approximate surface area is 149 Å². The summed E-state index contributed by atoms with van der Waals surface area (Å²) in [6, 6.07) is 5.28. The van der Waals surface area contributed by atoms with Crippen molar-refractivity contribution in [3.05, 3.63) is 24.3 Å². The largest absolute Gasteiger partial charge is 0.329 e. The van der Waals surface area contributed by atoms with Gasteiger partial charge in [0.1, 0.15) is 0 Å². The summed E-state index contributed by atoms with van der Waals surface area (Å²) < 4.78 is 54.8. The molecule has 2 aliphatic rings. The summed E-state index contributed by atoms with van der Waals surface area (Å²) in [6.07, 6.45) is 4.62. The van der Waals surface area contributed by atoms with Crippen LogP contribution in [0.15, 0.2) is 34.1 Å². The van der Waals surface area contributed by atoms with Gasteiger partial charge in [-0.05, 0) is 49.8 Å². The number of nitrogens with one attached hydrogen (secondary N) is 1. The van der Waals surface area contributed by atoms with Crippen molar-refractivity contribution in [1.29, 1.82) is 0 Å². The van der Waals surface area contributed by atoms with Gasteiger partial charge in [0.2, 0.25) is 20.0 Å². The van der Waals surface area contributed by atoms with E-state index in [-0.39, 0.29) is 28.3 Å². The van der Waals surface area contributed by atoms with Gasteiger partial charge in [-0.1, -0.05) is 12.5 Å². The first kappa shape index (κ1) is 18.8. The minimum atomic E-state index is -3.80. The van der Waals surface area contributed by atoms with Crippen molar-refractivity contribution in [1.82, 2.24) is 9.03 Å². The van der Waals surface area contributed by atoms with Crippen molar-refractivity contribution in [3.8, 4) is 0 Å². The number of hydrogen-bond donors (Lipinski definition) is 2. The van der Waals surface area contributed by atoms with Crippen molar-refractivity contribution in [2.24, 2.45) is 11.7 Å². The SMILES string of the molecule is NCC(NS(=O)(=O)c1cccc(S(=O)(=O)N2CCCCC2)c1)C1CC1. The molecule has 3 rings (SSSR count). The van der Waals surface area contributed by atoms with Crippen LogP contribution in [0.3, 0.4) is 0 Å². The molecule has 1 atom stereocenters. The fourth-order valence-electron chi connectivity index (χ4n) is 3.16. The molecule has 1 unspecified atom stereocenters. The summed E-state index contributed by atoms with van der Waals surface area (Å²) in [6.45, 7) is 1.19. The maximum atomic E-state index is 12.8. The molecule has 2 fully saturated rings. The first-order chi connectivity index (χ1) is 11.8. The molecule has 0 aromatic heterocycles. The van der Waals surface area contributed by atoms with Crippen LogP contribution < -0.4 is 10.5 Å². The van der Waals surface area contributed by atoms with Gasteiger partial charge in [-0.25, -0.2) is 21.6 Å². The highest BCUT2D eigenvalue weighted by Crippen LogP contribution is 2.33. The number of nitrogens with two attached hydrogens (primary N) is 1. The normalized spacial score (nSPS) is 21.2. The average molecular weight is 388 g/mol. The van der Waals surface area contributed by atoms with E-state index in [1.165, 1.54) is 28.6 Å². The molecule has 1 aliphatic heterocycles. The van der Waals surface area contributed by atoms with E-state index < -0.39 is 20.0 Å². The maximum Gasteiger partial charge on any atom is 0.243 e. The molecule has 0 spiro atoms. The number of nitrogens with zero attached hydrogens (tertiary/aromatic N) is 1. The van der Waals surface area contributed by atoms with Gasteiger partial charge in [-0.15, -0.1) is 0 Å². The lowest BCUT2D eigenvalue weighted by atomic mass is 10.2. The van der Waals surface area contributed by atoms with Crippen LogP contribution in [0.5, 0.6) is 0 Å². The van der Waals surface area contributed by atoms with Crippen molar-refractivity contribution in [2.75, 3.05) is 19.6 Å². The third-order valence-corrected chi connectivity index (χ3v) is 8.20. The molecule has 1 saturated heterocycles. The molecule has 0 radical (unpaired) electrons. The molecule has 3 N–H and O–H groups in total. The second-order valence-electron chi connectivity index (χ2n) is 6.74. The highest BCUT2D eigenvalue weighted by Gasteiger charge is 2.34. The highest BCUT2D eigenvalue weighted by atomic mass is 32.2. The van der Waals surface area contributed by atoms with E-state index >= 15 is 0 Å². The Morgan fingerprint density at radius 1 is 1.08 bits per heavy atom. The molecule has 0 amide bonds. The Bertz CT molecular complexity index is 814. The van der Waals surface area contributed by atoms with Gasteiger partial charge in [-0.3, -0.25) is 0 Å². The third-order valence-electron chi connectivity index (χ3n) is 4.82. The van der Waals surface area contributed by atoms with Gasteiger partial charge in [-0.2, -0.15) is 4.31 Å². The molecular weight excluding hydrogens is 362 g/mol. The van der Waals surface area contributed by atoms with E-state index in [1.807, 2.05) is 0 Å². The quantitative estimate of drug-likeness (QED) is 0.722. The second-order valence-corrected chi connectivity index (χ2v) is 10.4. The number of sulfonamides is 2. The van der Waals surface area contributed by atoms with Gasteiger partial charge >= 0.3 is 0 Å². The lowest BCUT2D eigenvalue weighted by molar-refractivity contribution is 0.346. The van der Waals surface area contributed by atoms with Crippen LogP contribution in [0.4, 0.5) is 0 Å². The number of benzene rings is 1. The first-order valence-corrected chi connectivity index (χ1v) is 11.6. The van der Waals surface area contributed by atoms with Crippen molar-refractivity contribution < 1.29 is 16.8 Å². The topological polar surface area (TPSA) is 110 Å². The van der Waals surface area contributed by atoms with Crippen molar-refractivity contribution in [3.63, 3.8) is 0 Å². The van der Waals surface area contributed by atoms with Gasteiger partial charge < -0.3 is 5.73 Å². The van der Waals surface area contributed by atoms with Crippen LogP contribution in [-0.2, 0) is 20.0 Å². The zero-order valence-electron chi connectivity index (χ0n) is 14.1. The smallest absolute Gasteiger partial charge is 0.243 e. The zero-order valence-corrected chi connectivity index (χ0v) is 15.7. The predicted octanol–water partition coefficient (Wildman–Crippen LogP) is 0.877. The Kier molecular flexibility index (Phi) is 5.50. The molecule has 9 heteroatoms. The molecule has 1 heterocycles. The fraction of sp³-hybridized carbons (Fsp3) is 0.625. The van der Waals surface area contributed by atoms with E-state index in [4.69, 9.17) is 5.73 Å². The van der Waals surface area contributed by atoms with Gasteiger partial charge in [0.05, 0.1) is 9.79 Å². The van der Waals surface area contributed by atoms with Crippen LogP contribution in [0.2, 0.25) is 0 Å². The van der Waals surface area contributed by atoms with Crippen LogP contribution >= 0.6 is 0 Å². The third kappa shape index (κ3) is 4.22. The Hall–Kier alpha value is -1.00. The summed E-state index contributed by atoms with van der Waals surface area (Å²) >= 11 is 0. The van der Waals surface area contributed by atoms with Crippen molar-refractivity contribution >= 4 is 20.0 Å². The Morgan fingerprint density at radius 3 is 2.32 bits per heavy atom. The summed E-state index contributed by atoms with van der Waals surface area (Å²) in [5.74, 6) is 0.278. The summed E-state index contributed by atoms with van der Waals surface area (Å²) in [7, 11) is -7.47. The summed E-state index contributed by atoms with van der Waals surface area (Å²) in [5, 5.41) is 0. The maximum absolute atomic E-state index is 12.8. The molecular formula is C16H25N3O4S2. The minimum Gasteiger partial charge on any atom is -0.329 e. The molecule has 7 nitrogen and oxygen atoms in total. The standard InChI is InChI=1S/C16H25N3O4S2/c17-12-16(13-7-8-13)18-24(20,21)14-5-4-6-15(11-14)25(22,23)19-9-2-1-3-10-19/h4-6,11,13,16,18H,1-3,7-10,12,17H2. The first-order valence-electron chi connectivity index (χ1n) is 8.67. The lowest BCUT2D eigenvalue weighted by Gasteiger charge is -2.26. The van der Waals surface area contributed by atoms with E-state index in [1.54, 1.807) is 0 Å². The van der Waals surface area contributed by atoms with Gasteiger partial charge in [0, 0.05) is 25.7 Å². The molecule has 1 aromatic rings. The van der Waals surface area contributed by atoms with E-state index in [0.717, 1.165) is 32.1 Å². The van der Waals surface area contributed by atoms with Gasteiger partial charge in [0.25, 0.3) is 0 Å². The van der Waals surface area contributed by atoms with Crippen LogP contribution in [0, 0.1) is 5.92 Å². The number of piperidine rings is 1. The lowest BCUT2D eigenvalue weighted by Crippen LogP contribution is -2.41. The van der Waals surface area contributed by atoms with E-state index in [0.29, 0.717) is 13.1 Å². The van der Waals surface area contributed by atoms with Crippen LogP contribution in [-0.4, -0.2) is 46.8 Å². The summed E-state index contributed by atoms with van der Waals surface area (Å²) in [5.41, 5.74) is 5.67. The number of rotatable bonds is 7. The zero-order chi connectivity index (χ0) is 18.1. The molecule has 1 aliphatic carbocycles. The highest BCUT2D eigenvalue weighted by molar-refractivity contribution is 7.90.